The van der Waals surface area contributed by atoms with E-state index in [9.17, 15) is 14.3 Å². The first-order chi connectivity index (χ1) is 12.5. The molecule has 0 saturated carbocycles. The molecule has 4 nitrogen and oxygen atoms in total. The van der Waals surface area contributed by atoms with E-state index in [1.165, 1.54) is 31.4 Å². The van der Waals surface area contributed by atoms with Gasteiger partial charge in [-0.25, -0.2) is 4.39 Å². The van der Waals surface area contributed by atoms with E-state index < -0.39 is 5.60 Å². The molecule has 144 valence electrons. The first-order valence-electron chi connectivity index (χ1n) is 10.0. The number of carbonyl (C=O) groups excluding carboxylic acids is 1. The fourth-order valence-electron chi connectivity index (χ4n) is 4.42. The van der Waals surface area contributed by atoms with Crippen LogP contribution in [0.15, 0.2) is 24.3 Å². The molecule has 0 aliphatic carbocycles. The van der Waals surface area contributed by atoms with Gasteiger partial charge in [0, 0.05) is 19.1 Å². The maximum absolute atomic E-state index is 13.2. The number of amides is 1. The van der Waals surface area contributed by atoms with Crippen LogP contribution in [0.4, 0.5) is 4.39 Å². The van der Waals surface area contributed by atoms with Crippen molar-refractivity contribution in [2.45, 2.75) is 63.5 Å². The fraction of sp³-hybridized carbons (Fsp3) is 0.667. The van der Waals surface area contributed by atoms with E-state index in [1.807, 2.05) is 4.90 Å². The fourth-order valence-corrected chi connectivity index (χ4v) is 4.42. The topological polar surface area (TPSA) is 43.8 Å². The Labute approximate surface area is 156 Å². The minimum Gasteiger partial charge on any atom is -0.385 e. The first-order valence-corrected chi connectivity index (χ1v) is 10.0. The van der Waals surface area contributed by atoms with Gasteiger partial charge < -0.3 is 10.0 Å². The predicted octanol–water partition coefficient (Wildman–Crippen LogP) is 3.29. The molecule has 0 aromatic heterocycles. The highest BCUT2D eigenvalue weighted by Gasteiger charge is 2.34. The quantitative estimate of drug-likeness (QED) is 0.894. The van der Waals surface area contributed by atoms with Crippen LogP contribution in [0.3, 0.4) is 0 Å². The molecule has 1 aromatic carbocycles. The molecule has 0 bridgehead atoms. The van der Waals surface area contributed by atoms with E-state index in [0.29, 0.717) is 38.5 Å². The number of halogens is 1. The van der Waals surface area contributed by atoms with Crippen LogP contribution in [0.1, 0.15) is 57.4 Å². The summed E-state index contributed by atoms with van der Waals surface area (Å²) in [6.45, 7) is 4.94. The molecule has 0 radical (unpaired) electrons. The zero-order chi connectivity index (χ0) is 18.6. The van der Waals surface area contributed by atoms with Crippen molar-refractivity contribution in [2.75, 3.05) is 26.2 Å². The summed E-state index contributed by atoms with van der Waals surface area (Å²) in [5.41, 5.74) is -0.227. The Hall–Kier alpha value is -1.46. The Kier molecular flexibility index (Phi) is 6.30. The van der Waals surface area contributed by atoms with Gasteiger partial charge in [0.05, 0.1) is 12.1 Å². The van der Waals surface area contributed by atoms with Crippen LogP contribution in [-0.4, -0.2) is 53.0 Å². The van der Waals surface area contributed by atoms with Gasteiger partial charge in [0.1, 0.15) is 5.82 Å². The maximum atomic E-state index is 13.2. The summed E-state index contributed by atoms with van der Waals surface area (Å²) < 4.78 is 13.2. The second-order valence-electron chi connectivity index (χ2n) is 7.80. The zero-order valence-electron chi connectivity index (χ0n) is 15.8. The molecule has 2 fully saturated rings. The van der Waals surface area contributed by atoms with Crippen molar-refractivity contribution in [3.8, 4) is 0 Å². The molecule has 2 atom stereocenters. The summed E-state index contributed by atoms with van der Waals surface area (Å²) in [5, 5.41) is 11.0. The molecule has 3 rings (SSSR count). The Balaban J connectivity index is 1.60. The van der Waals surface area contributed by atoms with Crippen molar-refractivity contribution in [3.05, 3.63) is 35.6 Å². The van der Waals surface area contributed by atoms with Crippen molar-refractivity contribution in [1.29, 1.82) is 0 Å². The molecule has 1 amide bonds. The summed E-state index contributed by atoms with van der Waals surface area (Å²) in [4.78, 5) is 17.1. The Morgan fingerprint density at radius 2 is 1.92 bits per heavy atom. The molecule has 2 heterocycles. The van der Waals surface area contributed by atoms with Crippen molar-refractivity contribution in [2.24, 2.45) is 0 Å². The van der Waals surface area contributed by atoms with Crippen molar-refractivity contribution >= 4 is 5.91 Å². The molecule has 0 spiro atoms. The van der Waals surface area contributed by atoms with Crippen LogP contribution in [0.5, 0.6) is 0 Å². The summed E-state index contributed by atoms with van der Waals surface area (Å²) >= 11 is 0. The molecule has 2 aliphatic heterocycles. The summed E-state index contributed by atoms with van der Waals surface area (Å²) in [5.74, 6) is -0.122. The molecule has 2 aliphatic rings. The third-order valence-electron chi connectivity index (χ3n) is 6.11. The Bertz CT molecular complexity index is 607. The largest absolute Gasteiger partial charge is 0.385 e. The van der Waals surface area contributed by atoms with Gasteiger partial charge in [0.25, 0.3) is 0 Å². The van der Waals surface area contributed by atoms with Gasteiger partial charge in [0.15, 0.2) is 0 Å². The SMILES string of the molecule is CCC1CCCCN1CC(=O)N1CCCC(O)(c2ccc(F)cc2)CC1. The standard InChI is InChI=1S/C21H31FN2O2/c1-2-19-6-3-4-13-24(19)16-20(25)23-14-5-11-21(26,12-15-23)17-7-9-18(22)10-8-17/h7-10,19,26H,2-6,11-16H2,1H3. The molecule has 1 aromatic rings. The Morgan fingerprint density at radius 3 is 2.65 bits per heavy atom. The van der Waals surface area contributed by atoms with Crippen molar-refractivity contribution in [3.63, 3.8) is 0 Å². The predicted molar refractivity (Wildman–Crippen MR) is 100 cm³/mol. The van der Waals surface area contributed by atoms with Crippen LogP contribution in [0.25, 0.3) is 0 Å². The molecule has 2 unspecified atom stereocenters. The number of rotatable bonds is 4. The van der Waals surface area contributed by atoms with Gasteiger partial charge in [-0.3, -0.25) is 9.69 Å². The lowest BCUT2D eigenvalue weighted by atomic mass is 9.87. The molecular formula is C21H31FN2O2. The second kappa shape index (κ2) is 8.49. The van der Waals surface area contributed by atoms with E-state index in [4.69, 9.17) is 0 Å². The number of nitrogens with zero attached hydrogens (tertiary/aromatic N) is 2. The van der Waals surface area contributed by atoms with Gasteiger partial charge in [-0.2, -0.15) is 0 Å². The molecular weight excluding hydrogens is 331 g/mol. The minimum absolute atomic E-state index is 0.175. The van der Waals surface area contributed by atoms with Crippen LogP contribution in [0, 0.1) is 5.82 Å². The lowest BCUT2D eigenvalue weighted by Crippen LogP contribution is -2.47. The van der Waals surface area contributed by atoms with E-state index in [1.54, 1.807) is 12.1 Å². The number of piperidine rings is 1. The van der Waals surface area contributed by atoms with Gasteiger partial charge in [-0.1, -0.05) is 25.5 Å². The highest BCUT2D eigenvalue weighted by atomic mass is 19.1. The average molecular weight is 362 g/mol. The minimum atomic E-state index is -0.972. The third-order valence-corrected chi connectivity index (χ3v) is 6.11. The smallest absolute Gasteiger partial charge is 0.236 e. The van der Waals surface area contributed by atoms with Crippen LogP contribution in [-0.2, 0) is 10.4 Å². The van der Waals surface area contributed by atoms with Crippen LogP contribution < -0.4 is 0 Å². The van der Waals surface area contributed by atoms with E-state index in [0.717, 1.165) is 24.9 Å². The van der Waals surface area contributed by atoms with Crippen LogP contribution in [0.2, 0.25) is 0 Å². The average Bonchev–Trinajstić information content (AvgIpc) is 2.85. The summed E-state index contributed by atoms with van der Waals surface area (Å²) in [7, 11) is 0. The second-order valence-corrected chi connectivity index (χ2v) is 7.80. The van der Waals surface area contributed by atoms with Crippen LogP contribution >= 0.6 is 0 Å². The van der Waals surface area contributed by atoms with E-state index >= 15 is 0 Å². The molecule has 5 heteroatoms. The van der Waals surface area contributed by atoms with E-state index in [2.05, 4.69) is 11.8 Å². The van der Waals surface area contributed by atoms with E-state index in [-0.39, 0.29) is 11.7 Å². The lowest BCUT2D eigenvalue weighted by Gasteiger charge is -2.36. The normalized spacial score (nSPS) is 28.0. The Morgan fingerprint density at radius 1 is 1.15 bits per heavy atom. The third kappa shape index (κ3) is 4.44. The first kappa shape index (κ1) is 19.3. The van der Waals surface area contributed by atoms with Crippen molar-refractivity contribution < 1.29 is 14.3 Å². The zero-order valence-corrected chi connectivity index (χ0v) is 15.8. The molecule has 2 saturated heterocycles. The number of carbonyl (C=O) groups is 1. The highest BCUT2D eigenvalue weighted by Crippen LogP contribution is 2.33. The monoisotopic (exact) mass is 362 g/mol. The highest BCUT2D eigenvalue weighted by molar-refractivity contribution is 5.78. The molecule has 26 heavy (non-hydrogen) atoms. The number of hydrogen-bond donors (Lipinski definition) is 1. The number of hydrogen-bond acceptors (Lipinski definition) is 3. The lowest BCUT2D eigenvalue weighted by molar-refractivity contribution is -0.133. The number of aliphatic hydroxyl groups is 1. The van der Waals surface area contributed by atoms with Gasteiger partial charge in [0.2, 0.25) is 5.91 Å². The van der Waals surface area contributed by atoms with Gasteiger partial charge in [-0.05, 0) is 62.8 Å². The summed E-state index contributed by atoms with van der Waals surface area (Å²) in [6.07, 6.45) is 6.58. The number of likely N-dealkylation sites (tertiary alicyclic amines) is 2. The summed E-state index contributed by atoms with van der Waals surface area (Å²) in [6, 6.07) is 6.62. The molecule has 1 N–H and O–H groups in total. The van der Waals surface area contributed by atoms with Gasteiger partial charge >= 0.3 is 0 Å². The van der Waals surface area contributed by atoms with Crippen molar-refractivity contribution in [1.82, 2.24) is 9.80 Å². The maximum Gasteiger partial charge on any atom is 0.236 e. The van der Waals surface area contributed by atoms with Gasteiger partial charge in [-0.15, -0.1) is 0 Å². The number of benzene rings is 1.